The Balaban J connectivity index is 3.11. The molecular formula is C9H12N2O4. The van der Waals surface area contributed by atoms with E-state index in [1.807, 2.05) is 0 Å². The van der Waals surface area contributed by atoms with Gasteiger partial charge in [0, 0.05) is 12.3 Å². The molecule has 0 unspecified atom stereocenters. The SMILES string of the molecule is CC(C)(C)C1(C)OC(=O)C(=[N+]=[N-])C(=O)O1. The highest BCUT2D eigenvalue weighted by atomic mass is 16.7. The van der Waals surface area contributed by atoms with Gasteiger partial charge in [-0.3, -0.25) is 0 Å². The quantitative estimate of drug-likeness (QED) is 0.332. The van der Waals surface area contributed by atoms with Crippen LogP contribution >= 0.6 is 0 Å². The zero-order chi connectivity index (χ0) is 11.9. The molecule has 6 heteroatoms. The Morgan fingerprint density at radius 1 is 1.20 bits per heavy atom. The highest BCUT2D eigenvalue weighted by molar-refractivity contribution is 6.61. The molecule has 0 bridgehead atoms. The number of esters is 2. The van der Waals surface area contributed by atoms with E-state index < -0.39 is 28.9 Å². The van der Waals surface area contributed by atoms with Gasteiger partial charge in [0.2, 0.25) is 0 Å². The molecule has 82 valence electrons. The largest absolute Gasteiger partial charge is 0.482 e. The number of hydrogen-bond donors (Lipinski definition) is 0. The second-order valence-electron chi connectivity index (χ2n) is 4.42. The third kappa shape index (κ3) is 1.76. The molecular weight excluding hydrogens is 200 g/mol. The first-order chi connectivity index (χ1) is 6.71. The van der Waals surface area contributed by atoms with E-state index in [-0.39, 0.29) is 0 Å². The number of rotatable bonds is 0. The Hall–Kier alpha value is -1.68. The molecule has 6 nitrogen and oxygen atoms in total. The molecule has 0 aromatic carbocycles. The third-order valence-corrected chi connectivity index (χ3v) is 2.42. The van der Waals surface area contributed by atoms with Crippen molar-refractivity contribution < 1.29 is 23.9 Å². The minimum Gasteiger partial charge on any atom is -0.413 e. The van der Waals surface area contributed by atoms with E-state index >= 15 is 0 Å². The van der Waals surface area contributed by atoms with Gasteiger partial charge in [-0.25, -0.2) is 9.59 Å². The van der Waals surface area contributed by atoms with Crippen molar-refractivity contribution in [1.82, 2.24) is 0 Å². The first-order valence-corrected chi connectivity index (χ1v) is 4.40. The molecule has 1 aliphatic heterocycles. The highest BCUT2D eigenvalue weighted by Crippen LogP contribution is 2.36. The average Bonchev–Trinajstić information content (AvgIpc) is 2.00. The molecule has 0 aromatic rings. The van der Waals surface area contributed by atoms with Crippen molar-refractivity contribution in [2.45, 2.75) is 33.5 Å². The molecule has 0 radical (unpaired) electrons. The fraction of sp³-hybridized carbons (Fsp3) is 0.667. The summed E-state index contributed by atoms with van der Waals surface area (Å²) in [5, 5.41) is 0. The van der Waals surface area contributed by atoms with E-state index in [1.54, 1.807) is 20.8 Å². The van der Waals surface area contributed by atoms with Crippen LogP contribution in [0.25, 0.3) is 5.53 Å². The molecule has 1 aliphatic rings. The fourth-order valence-electron chi connectivity index (χ4n) is 0.942. The van der Waals surface area contributed by atoms with Crippen molar-refractivity contribution in [3.8, 4) is 0 Å². The zero-order valence-corrected chi connectivity index (χ0v) is 9.03. The normalized spacial score (nSPS) is 26.8. The van der Waals surface area contributed by atoms with Gasteiger partial charge in [0.1, 0.15) is 0 Å². The second-order valence-corrected chi connectivity index (χ2v) is 4.42. The summed E-state index contributed by atoms with van der Waals surface area (Å²) in [6, 6.07) is 0. The number of carbonyl (C=O) groups excluding carboxylic acids is 2. The van der Waals surface area contributed by atoms with Crippen LogP contribution in [0.5, 0.6) is 0 Å². The van der Waals surface area contributed by atoms with Gasteiger partial charge in [-0.05, 0) is 0 Å². The summed E-state index contributed by atoms with van der Waals surface area (Å²) in [6.45, 7) is 6.76. The van der Waals surface area contributed by atoms with Crippen molar-refractivity contribution in [2.75, 3.05) is 0 Å². The summed E-state index contributed by atoms with van der Waals surface area (Å²) in [5.74, 6) is -3.31. The van der Waals surface area contributed by atoms with Crippen molar-refractivity contribution in [2.24, 2.45) is 5.41 Å². The molecule has 0 N–H and O–H groups in total. The lowest BCUT2D eigenvalue weighted by Gasteiger charge is -2.40. The Morgan fingerprint density at radius 2 is 1.60 bits per heavy atom. The van der Waals surface area contributed by atoms with E-state index in [0.29, 0.717) is 0 Å². The maximum atomic E-state index is 11.3. The van der Waals surface area contributed by atoms with Crippen molar-refractivity contribution in [3.05, 3.63) is 5.53 Å². The standard InChI is InChI=1S/C9H12N2O4/c1-8(2,3)9(4)14-6(12)5(11-10)7(13)15-9/h1-4H3. The Labute approximate surface area is 86.8 Å². The first kappa shape index (κ1) is 11.4. The van der Waals surface area contributed by atoms with Crippen LogP contribution in [-0.2, 0) is 19.1 Å². The number of carbonyl (C=O) groups is 2. The van der Waals surface area contributed by atoms with Crippen LogP contribution in [0.2, 0.25) is 0 Å². The maximum Gasteiger partial charge on any atom is 0.482 e. The van der Waals surface area contributed by atoms with Crippen LogP contribution in [-0.4, -0.2) is 28.2 Å². The molecule has 0 spiro atoms. The number of cyclic esters (lactones) is 2. The maximum absolute atomic E-state index is 11.3. The molecule has 1 saturated heterocycles. The Kier molecular flexibility index (Phi) is 2.41. The van der Waals surface area contributed by atoms with Crippen LogP contribution in [0.1, 0.15) is 27.7 Å². The van der Waals surface area contributed by atoms with Crippen molar-refractivity contribution in [1.29, 1.82) is 0 Å². The zero-order valence-electron chi connectivity index (χ0n) is 9.03. The molecule has 0 aliphatic carbocycles. The lowest BCUT2D eigenvalue weighted by atomic mass is 9.86. The summed E-state index contributed by atoms with van der Waals surface area (Å²) in [7, 11) is 0. The second kappa shape index (κ2) is 3.17. The molecule has 0 saturated carbocycles. The minimum absolute atomic E-state index is 0.570. The predicted molar refractivity (Wildman–Crippen MR) is 48.7 cm³/mol. The highest BCUT2D eigenvalue weighted by Gasteiger charge is 2.54. The molecule has 1 heterocycles. The monoisotopic (exact) mass is 212 g/mol. The summed E-state index contributed by atoms with van der Waals surface area (Å²) in [5.41, 5.74) is 7.08. The van der Waals surface area contributed by atoms with E-state index in [1.165, 1.54) is 6.92 Å². The summed E-state index contributed by atoms with van der Waals surface area (Å²) in [4.78, 5) is 25.1. The first-order valence-electron chi connectivity index (χ1n) is 4.40. The number of ether oxygens (including phenoxy) is 2. The lowest BCUT2D eigenvalue weighted by Crippen LogP contribution is -2.55. The van der Waals surface area contributed by atoms with Crippen LogP contribution < -0.4 is 0 Å². The Bertz CT molecular complexity index is 354. The van der Waals surface area contributed by atoms with Gasteiger partial charge >= 0.3 is 17.7 Å². The van der Waals surface area contributed by atoms with Gasteiger partial charge in [0.05, 0.1) is 0 Å². The number of hydrogen-bond acceptors (Lipinski definition) is 4. The van der Waals surface area contributed by atoms with E-state index in [2.05, 4.69) is 4.79 Å². The van der Waals surface area contributed by atoms with Gasteiger partial charge < -0.3 is 15.0 Å². The van der Waals surface area contributed by atoms with Crippen molar-refractivity contribution in [3.63, 3.8) is 0 Å². The molecule has 0 amide bonds. The third-order valence-electron chi connectivity index (χ3n) is 2.42. The van der Waals surface area contributed by atoms with Crippen LogP contribution in [0.3, 0.4) is 0 Å². The minimum atomic E-state index is -1.35. The fourth-order valence-corrected chi connectivity index (χ4v) is 0.942. The summed E-state index contributed by atoms with van der Waals surface area (Å²) < 4.78 is 9.88. The predicted octanol–water partition coefficient (Wildman–Crippen LogP) is 0.519. The van der Waals surface area contributed by atoms with Crippen LogP contribution in [0.15, 0.2) is 0 Å². The van der Waals surface area contributed by atoms with Crippen molar-refractivity contribution >= 4 is 17.7 Å². The van der Waals surface area contributed by atoms with Crippen LogP contribution in [0.4, 0.5) is 0 Å². The van der Waals surface area contributed by atoms with Gasteiger partial charge in [-0.1, -0.05) is 20.8 Å². The van der Waals surface area contributed by atoms with Gasteiger partial charge in [-0.2, -0.15) is 4.79 Å². The van der Waals surface area contributed by atoms with E-state index in [4.69, 9.17) is 15.0 Å². The Morgan fingerprint density at radius 3 is 1.87 bits per heavy atom. The molecule has 15 heavy (non-hydrogen) atoms. The van der Waals surface area contributed by atoms with Gasteiger partial charge in [-0.15, -0.1) is 0 Å². The van der Waals surface area contributed by atoms with Gasteiger partial charge in [0.25, 0.3) is 5.79 Å². The van der Waals surface area contributed by atoms with E-state index in [0.717, 1.165) is 0 Å². The van der Waals surface area contributed by atoms with E-state index in [9.17, 15) is 9.59 Å². The number of nitrogens with zero attached hydrogens (tertiary/aromatic N) is 2. The topological polar surface area (TPSA) is 89.0 Å². The summed E-state index contributed by atoms with van der Waals surface area (Å²) in [6.07, 6.45) is 0. The average molecular weight is 212 g/mol. The molecule has 0 aromatic heterocycles. The van der Waals surface area contributed by atoms with Crippen LogP contribution in [0, 0.1) is 5.41 Å². The molecule has 1 fully saturated rings. The smallest absolute Gasteiger partial charge is 0.413 e. The molecule has 0 atom stereocenters. The molecule has 1 rings (SSSR count). The summed E-state index contributed by atoms with van der Waals surface area (Å²) >= 11 is 0. The lowest BCUT2D eigenvalue weighted by molar-refractivity contribution is -0.260. The van der Waals surface area contributed by atoms with Gasteiger partial charge in [0.15, 0.2) is 0 Å².